The van der Waals surface area contributed by atoms with Crippen LogP contribution in [0.1, 0.15) is 16.7 Å². The SMILES string of the molecule is Cc1ccc(/C(O)=C(/C(=S)Nc2ccc(OC(F)F)cc2)[n+]2ccccc2)cc1C. The van der Waals surface area contributed by atoms with Gasteiger partial charge in [-0.05, 0) is 55.3 Å². The Morgan fingerprint density at radius 2 is 1.67 bits per heavy atom. The normalized spacial score (nSPS) is 11.8. The van der Waals surface area contributed by atoms with Crippen LogP contribution in [0.2, 0.25) is 0 Å². The van der Waals surface area contributed by atoms with Gasteiger partial charge in [-0.3, -0.25) is 0 Å². The van der Waals surface area contributed by atoms with Crippen LogP contribution in [0.15, 0.2) is 73.1 Å². The molecule has 0 radical (unpaired) electrons. The van der Waals surface area contributed by atoms with Crippen LogP contribution in [0, 0.1) is 13.8 Å². The van der Waals surface area contributed by atoms with E-state index >= 15 is 0 Å². The molecule has 0 atom stereocenters. The Kier molecular flexibility index (Phi) is 6.74. The van der Waals surface area contributed by atoms with Crippen LogP contribution >= 0.6 is 12.2 Å². The molecule has 0 bridgehead atoms. The number of halogens is 2. The molecule has 0 amide bonds. The van der Waals surface area contributed by atoms with Gasteiger partial charge in [0.1, 0.15) is 5.75 Å². The van der Waals surface area contributed by atoms with E-state index in [-0.39, 0.29) is 16.5 Å². The lowest BCUT2D eigenvalue weighted by atomic mass is 10.0. The number of nitrogens with one attached hydrogen (secondary N) is 1. The van der Waals surface area contributed by atoms with Crippen molar-refractivity contribution < 1.29 is 23.2 Å². The van der Waals surface area contributed by atoms with Gasteiger partial charge in [-0.2, -0.15) is 13.3 Å². The molecule has 1 aromatic heterocycles. The predicted octanol–water partition coefficient (Wildman–Crippen LogP) is 5.52. The number of rotatable bonds is 6. The minimum absolute atomic E-state index is 0.0180. The third-order valence-electron chi connectivity index (χ3n) is 4.53. The number of anilines is 1. The largest absolute Gasteiger partial charge is 0.502 e. The van der Waals surface area contributed by atoms with E-state index in [2.05, 4.69) is 10.1 Å². The summed E-state index contributed by atoms with van der Waals surface area (Å²) in [5, 5.41) is 14.1. The number of benzene rings is 2. The highest BCUT2D eigenvalue weighted by Gasteiger charge is 2.24. The van der Waals surface area contributed by atoms with Gasteiger partial charge in [-0.25, -0.2) is 0 Å². The van der Waals surface area contributed by atoms with Crippen LogP contribution in [0.3, 0.4) is 0 Å². The van der Waals surface area contributed by atoms with Crippen molar-refractivity contribution in [1.82, 2.24) is 0 Å². The molecule has 2 N–H and O–H groups in total. The number of pyridine rings is 1. The Balaban J connectivity index is 1.96. The molecule has 0 saturated carbocycles. The Labute approximate surface area is 179 Å². The summed E-state index contributed by atoms with van der Waals surface area (Å²) in [6.07, 6.45) is 3.56. The molecular formula is C23H21F2N2O2S+. The fourth-order valence-corrected chi connectivity index (χ4v) is 3.15. The smallest absolute Gasteiger partial charge is 0.387 e. The number of aliphatic hydroxyl groups is 1. The van der Waals surface area contributed by atoms with Crippen LogP contribution in [0.5, 0.6) is 5.75 Å². The van der Waals surface area contributed by atoms with Gasteiger partial charge < -0.3 is 15.2 Å². The van der Waals surface area contributed by atoms with Crippen LogP contribution in [0.25, 0.3) is 11.5 Å². The van der Waals surface area contributed by atoms with E-state index in [0.29, 0.717) is 16.9 Å². The lowest BCUT2D eigenvalue weighted by Gasteiger charge is -2.11. The summed E-state index contributed by atoms with van der Waals surface area (Å²) in [6, 6.07) is 17.2. The molecule has 30 heavy (non-hydrogen) atoms. The highest BCUT2D eigenvalue weighted by atomic mass is 32.1. The fraction of sp³-hybridized carbons (Fsp3) is 0.130. The maximum Gasteiger partial charge on any atom is 0.387 e. The van der Waals surface area contributed by atoms with Crippen molar-refractivity contribution in [2.45, 2.75) is 20.5 Å². The van der Waals surface area contributed by atoms with Gasteiger partial charge in [0.15, 0.2) is 23.1 Å². The van der Waals surface area contributed by atoms with E-state index in [1.807, 2.05) is 50.2 Å². The van der Waals surface area contributed by atoms with E-state index < -0.39 is 6.61 Å². The Bertz CT molecular complexity index is 1070. The van der Waals surface area contributed by atoms with Crippen LogP contribution in [-0.4, -0.2) is 16.7 Å². The molecule has 154 valence electrons. The summed E-state index contributed by atoms with van der Waals surface area (Å²) >= 11 is 5.58. The summed E-state index contributed by atoms with van der Waals surface area (Å²) < 4.78 is 30.7. The summed E-state index contributed by atoms with van der Waals surface area (Å²) in [6.45, 7) is 1.09. The standard InChI is InChI=1S/C23H20F2N2O2S/c1-15-6-7-17(14-16(15)2)21(28)20(27-12-4-3-5-13-27)22(30)26-18-8-10-19(11-9-18)29-23(24)25/h3-14,23H,1-2H3,(H-,26,28,30)/p+1. The van der Waals surface area contributed by atoms with E-state index in [1.54, 1.807) is 29.1 Å². The molecule has 0 spiro atoms. The van der Waals surface area contributed by atoms with Gasteiger partial charge in [0.25, 0.3) is 5.70 Å². The number of nitrogens with zero attached hydrogens (tertiary/aromatic N) is 1. The first-order valence-electron chi connectivity index (χ1n) is 9.19. The Hall–Kier alpha value is -3.32. The molecule has 0 saturated heterocycles. The van der Waals surface area contributed by atoms with Crippen molar-refractivity contribution in [3.63, 3.8) is 0 Å². The highest BCUT2D eigenvalue weighted by molar-refractivity contribution is 7.81. The zero-order valence-corrected chi connectivity index (χ0v) is 17.3. The third-order valence-corrected chi connectivity index (χ3v) is 4.83. The third kappa shape index (κ3) is 5.18. The molecule has 3 rings (SSSR count). The summed E-state index contributed by atoms with van der Waals surface area (Å²) in [5.74, 6) is 0.0668. The van der Waals surface area contributed by atoms with Gasteiger partial charge in [0.05, 0.1) is 0 Å². The maximum absolute atomic E-state index is 12.3. The fourth-order valence-electron chi connectivity index (χ4n) is 2.83. The minimum atomic E-state index is -2.89. The molecule has 0 aliphatic rings. The van der Waals surface area contributed by atoms with Gasteiger partial charge in [0.2, 0.25) is 0 Å². The second kappa shape index (κ2) is 9.45. The van der Waals surface area contributed by atoms with Crippen molar-refractivity contribution in [3.8, 4) is 5.75 Å². The number of alkyl halides is 2. The van der Waals surface area contributed by atoms with Gasteiger partial charge in [-0.1, -0.05) is 30.4 Å². The number of thiocarbonyl (C=S) groups is 1. The van der Waals surface area contributed by atoms with Crippen LogP contribution < -0.4 is 14.6 Å². The summed E-state index contributed by atoms with van der Waals surface area (Å²) in [5.41, 5.74) is 3.76. The maximum atomic E-state index is 12.3. The summed E-state index contributed by atoms with van der Waals surface area (Å²) in [7, 11) is 0. The van der Waals surface area contributed by atoms with Gasteiger partial charge in [-0.15, -0.1) is 0 Å². The zero-order valence-electron chi connectivity index (χ0n) is 16.5. The van der Waals surface area contributed by atoms with Gasteiger partial charge in [0, 0.05) is 23.4 Å². The predicted molar refractivity (Wildman–Crippen MR) is 118 cm³/mol. The molecule has 0 aliphatic carbocycles. The van der Waals surface area contributed by atoms with Gasteiger partial charge >= 0.3 is 6.61 Å². The molecule has 2 aromatic carbocycles. The molecule has 0 aliphatic heterocycles. The summed E-state index contributed by atoms with van der Waals surface area (Å²) in [4.78, 5) is 0.268. The first-order valence-corrected chi connectivity index (χ1v) is 9.59. The van der Waals surface area contributed by atoms with E-state index in [9.17, 15) is 13.9 Å². The van der Waals surface area contributed by atoms with Crippen molar-refractivity contribution in [2.24, 2.45) is 0 Å². The molecule has 0 fully saturated rings. The Morgan fingerprint density at radius 1 is 1.00 bits per heavy atom. The number of hydrogen-bond acceptors (Lipinski definition) is 3. The average Bonchev–Trinajstić information content (AvgIpc) is 2.72. The number of aliphatic hydroxyl groups excluding tert-OH is 1. The molecule has 7 heteroatoms. The van der Waals surface area contributed by atoms with Crippen molar-refractivity contribution >= 4 is 34.3 Å². The monoisotopic (exact) mass is 427 g/mol. The highest BCUT2D eigenvalue weighted by Crippen LogP contribution is 2.22. The minimum Gasteiger partial charge on any atom is -0.502 e. The van der Waals surface area contributed by atoms with E-state index in [1.165, 1.54) is 12.1 Å². The second-order valence-electron chi connectivity index (χ2n) is 6.64. The van der Waals surface area contributed by atoms with Crippen LogP contribution in [0.4, 0.5) is 14.5 Å². The van der Waals surface area contributed by atoms with Crippen molar-refractivity contribution in [2.75, 3.05) is 5.32 Å². The quantitative estimate of drug-likeness (QED) is 0.235. The first-order chi connectivity index (χ1) is 14.3. The number of aryl methyl sites for hydroxylation is 2. The Morgan fingerprint density at radius 3 is 2.27 bits per heavy atom. The van der Waals surface area contributed by atoms with Crippen molar-refractivity contribution in [1.29, 1.82) is 0 Å². The van der Waals surface area contributed by atoms with Crippen LogP contribution in [-0.2, 0) is 0 Å². The molecular weight excluding hydrogens is 406 g/mol. The molecule has 3 aromatic rings. The zero-order chi connectivity index (χ0) is 21.7. The molecule has 1 heterocycles. The number of ether oxygens (including phenoxy) is 1. The van der Waals surface area contributed by atoms with Crippen molar-refractivity contribution in [3.05, 3.63) is 89.7 Å². The average molecular weight is 427 g/mol. The first kappa shape index (κ1) is 21.4. The van der Waals surface area contributed by atoms with E-state index in [0.717, 1.165) is 11.1 Å². The molecule has 0 unspecified atom stereocenters. The van der Waals surface area contributed by atoms with E-state index in [4.69, 9.17) is 12.2 Å². The number of hydrogen-bond donors (Lipinski definition) is 2. The lowest BCUT2D eigenvalue weighted by Crippen LogP contribution is -2.38. The second-order valence-corrected chi connectivity index (χ2v) is 7.04. The topological polar surface area (TPSA) is 45.4 Å². The lowest BCUT2D eigenvalue weighted by molar-refractivity contribution is -0.575. The number of aromatic nitrogens is 1. The molecule has 4 nitrogen and oxygen atoms in total.